The van der Waals surface area contributed by atoms with Crippen LogP contribution in [0.2, 0.25) is 5.02 Å². The first-order valence-corrected chi connectivity index (χ1v) is 15.9. The van der Waals surface area contributed by atoms with Crippen LogP contribution in [0.3, 0.4) is 0 Å². The van der Waals surface area contributed by atoms with E-state index in [-0.39, 0.29) is 87.1 Å². The van der Waals surface area contributed by atoms with Gasteiger partial charge >= 0.3 is 59.1 Å². The first-order chi connectivity index (χ1) is 21.2. The summed E-state index contributed by atoms with van der Waals surface area (Å²) in [6.07, 6.45) is 0. The van der Waals surface area contributed by atoms with Gasteiger partial charge in [-0.15, -0.1) is 5.11 Å². The minimum atomic E-state index is -5.15. The quantitative estimate of drug-likeness (QED) is 0.0513. The van der Waals surface area contributed by atoms with Gasteiger partial charge in [-0.05, 0) is 83.6 Å². The Bertz CT molecular complexity index is 2250. The second kappa shape index (κ2) is 15.5. The zero-order valence-corrected chi connectivity index (χ0v) is 30.9. The number of carbonyl (C=O) groups excluding carboxylic acids is 1. The third-order valence-corrected chi connectivity index (χ3v) is 8.35. The Morgan fingerprint density at radius 2 is 1.30 bits per heavy atom. The summed E-state index contributed by atoms with van der Waals surface area (Å²) in [5, 5.41) is 33.8. The van der Waals surface area contributed by atoms with Crippen molar-refractivity contribution in [3.63, 3.8) is 0 Å². The zero-order valence-electron chi connectivity index (χ0n) is 24.5. The zero-order chi connectivity index (χ0) is 32.5. The second-order valence-electron chi connectivity index (χ2n) is 9.41. The molecule has 5 aromatic carbocycles. The summed E-state index contributed by atoms with van der Waals surface area (Å²) in [6, 6.07) is 21.7. The third kappa shape index (κ3) is 8.93. The van der Waals surface area contributed by atoms with E-state index in [4.69, 9.17) is 11.6 Å². The SMILES string of the molecule is O=C(c1ccc(Cl)cc1)c1ccc(N=Nc2c(S(=O)(=O)O)cc3cc(S(=O)(=O)O)cc(N=C([O-])c4ccccc4)c3c2[O-])cc1.[Na+].[Na+]. The third-order valence-electron chi connectivity index (χ3n) is 6.40. The molecule has 0 aliphatic carbocycles. The summed E-state index contributed by atoms with van der Waals surface area (Å²) < 4.78 is 68.1. The molecule has 5 aromatic rings. The summed E-state index contributed by atoms with van der Waals surface area (Å²) in [6.45, 7) is 0. The van der Waals surface area contributed by atoms with Gasteiger partial charge in [-0.2, -0.15) is 21.9 Å². The predicted octanol–water partition coefficient (Wildman–Crippen LogP) is -0.847. The van der Waals surface area contributed by atoms with Crippen LogP contribution in [0.1, 0.15) is 21.5 Å². The molecular weight excluding hydrogens is 692 g/mol. The van der Waals surface area contributed by atoms with Gasteiger partial charge in [0.15, 0.2) is 5.78 Å². The molecule has 2 N–H and O–H groups in total. The molecule has 0 fully saturated rings. The number of ketones is 1. The van der Waals surface area contributed by atoms with Crippen LogP contribution in [-0.4, -0.2) is 37.6 Å². The monoisotopic (exact) mass is 709 g/mol. The van der Waals surface area contributed by atoms with Crippen LogP contribution in [0, 0.1) is 0 Å². The molecule has 0 saturated heterocycles. The van der Waals surface area contributed by atoms with Gasteiger partial charge in [0, 0.05) is 21.5 Å². The van der Waals surface area contributed by atoms with Gasteiger partial charge in [-0.25, -0.2) is 0 Å². The van der Waals surface area contributed by atoms with Gasteiger partial charge in [0.05, 0.1) is 22.0 Å². The Balaban J connectivity index is 0.00000300. The Hall–Kier alpha value is -2.99. The smallest absolute Gasteiger partial charge is 0.870 e. The summed E-state index contributed by atoms with van der Waals surface area (Å²) in [5.41, 5.74) is -0.536. The van der Waals surface area contributed by atoms with Gasteiger partial charge in [0.1, 0.15) is 4.90 Å². The van der Waals surface area contributed by atoms with Crippen LogP contribution < -0.4 is 69.3 Å². The normalized spacial score (nSPS) is 12.0. The van der Waals surface area contributed by atoms with Crippen molar-refractivity contribution in [3.05, 3.63) is 119 Å². The molecule has 0 aliphatic heterocycles. The fourth-order valence-electron chi connectivity index (χ4n) is 4.26. The van der Waals surface area contributed by atoms with Crippen molar-refractivity contribution in [1.82, 2.24) is 0 Å². The summed E-state index contributed by atoms with van der Waals surface area (Å²) in [7, 11) is -10.1. The minimum absolute atomic E-state index is 0. The predicted molar refractivity (Wildman–Crippen MR) is 161 cm³/mol. The molecule has 0 amide bonds. The molecule has 5 rings (SSSR count). The molecule has 0 aromatic heterocycles. The molecule has 0 spiro atoms. The van der Waals surface area contributed by atoms with E-state index in [2.05, 4.69) is 15.2 Å². The number of carbonyl (C=O) groups is 1. The van der Waals surface area contributed by atoms with Crippen molar-refractivity contribution in [3.8, 4) is 5.75 Å². The topological polar surface area (TPSA) is 209 Å². The molecule has 0 unspecified atom stereocenters. The molecule has 0 bridgehead atoms. The molecule has 228 valence electrons. The molecule has 17 heteroatoms. The number of benzene rings is 5. The van der Waals surface area contributed by atoms with Crippen molar-refractivity contribution >= 4 is 71.4 Å². The maximum Gasteiger partial charge on any atom is 1.00 e. The largest absolute Gasteiger partial charge is 1.00 e. The number of hydrogen-bond donors (Lipinski definition) is 2. The van der Waals surface area contributed by atoms with Crippen LogP contribution in [0.5, 0.6) is 5.75 Å². The maximum absolute atomic E-state index is 13.7. The van der Waals surface area contributed by atoms with Crippen molar-refractivity contribution in [2.45, 2.75) is 9.79 Å². The van der Waals surface area contributed by atoms with E-state index >= 15 is 0 Å². The standard InChI is InChI=1S/C30H20ClN3O9S2.2Na/c31-21-10-6-17(7-11-21)28(35)18-8-12-22(13-9-18)33-34-27-25(45(41,42)43)15-20-14-23(44(38,39)40)16-24(26(20)29(27)36)32-30(37)19-4-2-1-3-5-19;;/h1-16,36H,(H,32,37)(H,38,39,40)(H,41,42,43);;/q;2*+1/p-2. The average Bonchev–Trinajstić information content (AvgIpc) is 3.00. The molecular formula is C30H18ClN3Na2O9S2. The molecule has 0 atom stereocenters. The van der Waals surface area contributed by atoms with E-state index in [9.17, 15) is 40.9 Å². The van der Waals surface area contributed by atoms with Crippen molar-refractivity contribution in [2.24, 2.45) is 15.2 Å². The molecule has 12 nitrogen and oxygen atoms in total. The Kier molecular flexibility index (Phi) is 12.7. The van der Waals surface area contributed by atoms with E-state index in [1.54, 1.807) is 42.5 Å². The average molecular weight is 710 g/mol. The summed E-state index contributed by atoms with van der Waals surface area (Å²) in [5.74, 6) is -2.36. The fourth-order valence-corrected chi connectivity index (χ4v) is 5.58. The Labute approximate surface area is 317 Å². The summed E-state index contributed by atoms with van der Waals surface area (Å²) in [4.78, 5) is 14.8. The number of fused-ring (bicyclic) bond motifs is 1. The summed E-state index contributed by atoms with van der Waals surface area (Å²) >= 11 is 5.87. The van der Waals surface area contributed by atoms with Crippen LogP contribution in [0.25, 0.3) is 10.8 Å². The van der Waals surface area contributed by atoms with Crippen LogP contribution in [-0.2, 0) is 20.2 Å². The van der Waals surface area contributed by atoms with Crippen molar-refractivity contribution in [2.75, 3.05) is 0 Å². The molecule has 0 radical (unpaired) electrons. The van der Waals surface area contributed by atoms with Gasteiger partial charge in [-0.1, -0.05) is 47.7 Å². The van der Waals surface area contributed by atoms with E-state index in [0.29, 0.717) is 10.6 Å². The van der Waals surface area contributed by atoms with Crippen LogP contribution in [0.4, 0.5) is 17.1 Å². The van der Waals surface area contributed by atoms with Crippen LogP contribution in [0.15, 0.2) is 122 Å². The van der Waals surface area contributed by atoms with Crippen LogP contribution >= 0.6 is 11.6 Å². The molecule has 0 aliphatic rings. The number of rotatable bonds is 8. The van der Waals surface area contributed by atoms with E-state index < -0.39 is 58.4 Å². The van der Waals surface area contributed by atoms with E-state index in [0.717, 1.165) is 18.2 Å². The Morgan fingerprint density at radius 3 is 1.85 bits per heavy atom. The first kappa shape index (κ1) is 38.5. The number of aliphatic imine (C=N–C) groups is 1. The fraction of sp³-hybridized carbons (Fsp3) is 0. The van der Waals surface area contributed by atoms with Gasteiger partial charge in [-0.3, -0.25) is 18.9 Å². The number of nitrogens with zero attached hydrogens (tertiary/aromatic N) is 3. The maximum atomic E-state index is 13.7. The van der Waals surface area contributed by atoms with Gasteiger partial charge < -0.3 is 10.2 Å². The van der Waals surface area contributed by atoms with E-state index in [1.807, 2.05) is 0 Å². The Morgan fingerprint density at radius 1 is 0.723 bits per heavy atom. The molecule has 0 saturated carbocycles. The second-order valence-corrected chi connectivity index (χ2v) is 12.7. The van der Waals surface area contributed by atoms with Gasteiger partial charge in [0.2, 0.25) is 0 Å². The number of azo groups is 1. The number of hydrogen-bond acceptors (Lipinski definition) is 10. The number of halogens is 1. The minimum Gasteiger partial charge on any atom is -0.870 e. The van der Waals surface area contributed by atoms with Gasteiger partial charge in [0.25, 0.3) is 20.2 Å². The first-order valence-electron chi connectivity index (χ1n) is 12.6. The molecule has 0 heterocycles. The molecule has 47 heavy (non-hydrogen) atoms. The van der Waals surface area contributed by atoms with Crippen molar-refractivity contribution < 1.29 is 100 Å². The van der Waals surface area contributed by atoms with E-state index in [1.165, 1.54) is 36.4 Å². The van der Waals surface area contributed by atoms with Crippen molar-refractivity contribution in [1.29, 1.82) is 0 Å².